The lowest BCUT2D eigenvalue weighted by Gasteiger charge is -2.36. The van der Waals surface area contributed by atoms with Gasteiger partial charge in [-0.2, -0.15) is 0 Å². The summed E-state index contributed by atoms with van der Waals surface area (Å²) in [6.07, 6.45) is 1.73. The fourth-order valence-corrected chi connectivity index (χ4v) is 7.04. The van der Waals surface area contributed by atoms with Crippen LogP contribution < -0.4 is 19.3 Å². The Balaban J connectivity index is 1.14. The maximum Gasteiger partial charge on any atom is 0.283 e. The molecule has 2 heterocycles. The van der Waals surface area contributed by atoms with Gasteiger partial charge < -0.3 is 19.3 Å². The first kappa shape index (κ1) is 35.8. The zero-order valence-corrected chi connectivity index (χ0v) is 30.6. The third-order valence-electron chi connectivity index (χ3n) is 8.86. The number of hydrogen-bond donors (Lipinski definition) is 0. The number of hydrogen-bond acceptors (Lipinski definition) is 8. The van der Waals surface area contributed by atoms with Crippen molar-refractivity contribution in [2.45, 2.75) is 27.4 Å². The SMILES string of the molecule is COc1cc(/C=C2\N=C(SCC(=O)N3CCN(c4ccc(C(C)=O)cc4)CC3)N(c3ccccc3)C2=O)ccc1COc1cc(C)c(Cl)c(C)c1. The summed E-state index contributed by atoms with van der Waals surface area (Å²) in [6.45, 7) is 8.27. The number of carbonyl (C=O) groups excluding carboxylic acids is 3. The molecule has 2 amide bonds. The van der Waals surface area contributed by atoms with Crippen LogP contribution >= 0.6 is 23.4 Å². The third kappa shape index (κ3) is 8.30. The minimum atomic E-state index is -0.277. The number of para-hydroxylation sites is 1. The average Bonchev–Trinajstić information content (AvgIpc) is 3.46. The molecule has 1 fully saturated rings. The zero-order valence-electron chi connectivity index (χ0n) is 29.0. The summed E-state index contributed by atoms with van der Waals surface area (Å²) in [5, 5.41) is 1.17. The molecule has 4 aromatic carbocycles. The average molecular weight is 723 g/mol. The molecule has 0 radical (unpaired) electrons. The number of nitrogens with zero attached hydrogens (tertiary/aromatic N) is 4. The second-order valence-electron chi connectivity index (χ2n) is 12.4. The van der Waals surface area contributed by atoms with Gasteiger partial charge in [0.05, 0.1) is 18.6 Å². The number of anilines is 2. The molecule has 51 heavy (non-hydrogen) atoms. The summed E-state index contributed by atoms with van der Waals surface area (Å²) in [4.78, 5) is 49.1. The van der Waals surface area contributed by atoms with Crippen LogP contribution in [0.5, 0.6) is 11.5 Å². The Morgan fingerprint density at radius 2 is 1.59 bits per heavy atom. The van der Waals surface area contributed by atoms with Crippen LogP contribution in [-0.4, -0.2) is 66.7 Å². The van der Waals surface area contributed by atoms with E-state index in [4.69, 9.17) is 26.1 Å². The summed E-state index contributed by atoms with van der Waals surface area (Å²) < 4.78 is 11.8. The molecule has 0 spiro atoms. The third-order valence-corrected chi connectivity index (χ3v) is 10.4. The molecule has 2 aliphatic heterocycles. The van der Waals surface area contributed by atoms with E-state index in [-0.39, 0.29) is 35.7 Å². The number of rotatable bonds is 10. The summed E-state index contributed by atoms with van der Waals surface area (Å²) in [6, 6.07) is 26.4. The fourth-order valence-electron chi connectivity index (χ4n) is 6.02. The van der Waals surface area contributed by atoms with E-state index in [1.807, 2.05) is 104 Å². The number of thioether (sulfide) groups is 1. The van der Waals surface area contributed by atoms with Gasteiger partial charge in [-0.15, -0.1) is 0 Å². The van der Waals surface area contributed by atoms with Gasteiger partial charge in [-0.3, -0.25) is 19.3 Å². The number of carbonyl (C=O) groups is 3. The molecule has 0 aromatic heterocycles. The Morgan fingerprint density at radius 1 is 0.902 bits per heavy atom. The molecular formula is C40H39ClN4O5S. The molecule has 262 valence electrons. The van der Waals surface area contributed by atoms with Gasteiger partial charge in [-0.05, 0) is 98.1 Å². The van der Waals surface area contributed by atoms with Crippen molar-refractivity contribution >= 4 is 63.6 Å². The van der Waals surface area contributed by atoms with Crippen molar-refractivity contribution in [3.8, 4) is 11.5 Å². The lowest BCUT2D eigenvalue weighted by Crippen LogP contribution is -2.49. The summed E-state index contributed by atoms with van der Waals surface area (Å²) in [5.41, 5.74) is 6.12. The first-order chi connectivity index (χ1) is 24.6. The van der Waals surface area contributed by atoms with Gasteiger partial charge in [0.15, 0.2) is 11.0 Å². The molecule has 1 saturated heterocycles. The van der Waals surface area contributed by atoms with E-state index in [9.17, 15) is 14.4 Å². The topological polar surface area (TPSA) is 91.8 Å². The second-order valence-corrected chi connectivity index (χ2v) is 13.7. The predicted molar refractivity (Wildman–Crippen MR) is 205 cm³/mol. The van der Waals surface area contributed by atoms with E-state index in [1.54, 1.807) is 25.0 Å². The van der Waals surface area contributed by atoms with Crippen LogP contribution in [0.2, 0.25) is 5.02 Å². The first-order valence-corrected chi connectivity index (χ1v) is 18.0. The van der Waals surface area contributed by atoms with Crippen molar-refractivity contribution in [1.29, 1.82) is 0 Å². The minimum Gasteiger partial charge on any atom is -0.496 e. The molecule has 11 heteroatoms. The second kappa shape index (κ2) is 15.9. The maximum atomic E-state index is 13.8. The van der Waals surface area contributed by atoms with Crippen LogP contribution in [0.4, 0.5) is 11.4 Å². The molecule has 6 rings (SSSR count). The molecular weight excluding hydrogens is 684 g/mol. The van der Waals surface area contributed by atoms with Crippen LogP contribution in [0, 0.1) is 13.8 Å². The number of ketones is 1. The normalized spacial score (nSPS) is 15.3. The van der Waals surface area contributed by atoms with Crippen molar-refractivity contribution < 1.29 is 23.9 Å². The highest BCUT2D eigenvalue weighted by molar-refractivity contribution is 8.14. The molecule has 0 aliphatic carbocycles. The number of amidine groups is 1. The number of amides is 2. The van der Waals surface area contributed by atoms with Crippen molar-refractivity contribution in [1.82, 2.24) is 4.90 Å². The van der Waals surface area contributed by atoms with Crippen molar-refractivity contribution in [2.24, 2.45) is 4.99 Å². The van der Waals surface area contributed by atoms with Gasteiger partial charge in [-0.1, -0.05) is 53.7 Å². The van der Waals surface area contributed by atoms with E-state index >= 15 is 0 Å². The fraction of sp³-hybridized carbons (Fsp3) is 0.250. The lowest BCUT2D eigenvalue weighted by atomic mass is 10.1. The zero-order chi connectivity index (χ0) is 36.1. The van der Waals surface area contributed by atoms with E-state index in [1.165, 1.54) is 11.8 Å². The number of Topliss-reactive ketones (excluding diaryl/α,β-unsaturated/α-hetero) is 1. The van der Waals surface area contributed by atoms with Crippen LogP contribution in [0.25, 0.3) is 6.08 Å². The summed E-state index contributed by atoms with van der Waals surface area (Å²) in [7, 11) is 1.60. The van der Waals surface area contributed by atoms with Crippen LogP contribution in [0.1, 0.15) is 39.5 Å². The largest absolute Gasteiger partial charge is 0.496 e. The van der Waals surface area contributed by atoms with Crippen molar-refractivity contribution in [2.75, 3.05) is 48.8 Å². The van der Waals surface area contributed by atoms with Crippen molar-refractivity contribution in [3.63, 3.8) is 0 Å². The molecule has 2 aliphatic rings. The monoisotopic (exact) mass is 722 g/mol. The van der Waals surface area contributed by atoms with Gasteiger partial charge >= 0.3 is 0 Å². The minimum absolute atomic E-state index is 0.0152. The van der Waals surface area contributed by atoms with Gasteiger partial charge in [0.2, 0.25) is 5.91 Å². The Bertz CT molecular complexity index is 1980. The van der Waals surface area contributed by atoms with Gasteiger partial charge in [0, 0.05) is 48.0 Å². The standard InChI is InChI=1S/C40H39ClN4O5S/c1-26-20-34(21-27(2)38(26)41)50-24-31-11-10-29(23-36(31)49-4)22-35-39(48)45(33-8-6-5-7-9-33)40(42-35)51-25-37(47)44-18-16-43(17-19-44)32-14-12-30(13-15-32)28(3)46/h5-15,20-23H,16-19,24-25H2,1-4H3/b35-22-. The molecule has 9 nitrogen and oxygen atoms in total. The van der Waals surface area contributed by atoms with Crippen LogP contribution in [-0.2, 0) is 16.2 Å². The molecule has 0 saturated carbocycles. The first-order valence-electron chi connectivity index (χ1n) is 16.6. The summed E-state index contributed by atoms with van der Waals surface area (Å²) in [5.74, 6) is 1.23. The van der Waals surface area contributed by atoms with E-state index in [0.29, 0.717) is 48.3 Å². The number of aryl methyl sites for hydroxylation is 2. The smallest absolute Gasteiger partial charge is 0.283 e. The molecule has 0 atom stereocenters. The summed E-state index contributed by atoms with van der Waals surface area (Å²) >= 11 is 7.57. The Labute approximate surface area is 307 Å². The molecule has 0 unspecified atom stereocenters. The highest BCUT2D eigenvalue weighted by atomic mass is 35.5. The van der Waals surface area contributed by atoms with E-state index in [0.717, 1.165) is 38.7 Å². The number of ether oxygens (including phenoxy) is 2. The Morgan fingerprint density at radius 3 is 2.24 bits per heavy atom. The maximum absolute atomic E-state index is 13.8. The Hall–Kier alpha value is -5.06. The molecule has 0 bridgehead atoms. The quantitative estimate of drug-likeness (QED) is 0.123. The van der Waals surface area contributed by atoms with E-state index < -0.39 is 0 Å². The molecule has 4 aromatic rings. The number of halogens is 1. The van der Waals surface area contributed by atoms with Gasteiger partial charge in [-0.25, -0.2) is 4.99 Å². The van der Waals surface area contributed by atoms with Crippen molar-refractivity contribution in [3.05, 3.63) is 123 Å². The Kier molecular flexibility index (Phi) is 11.1. The van der Waals surface area contributed by atoms with Gasteiger partial charge in [0.1, 0.15) is 23.8 Å². The number of piperazine rings is 1. The van der Waals surface area contributed by atoms with E-state index in [2.05, 4.69) is 4.90 Å². The van der Waals surface area contributed by atoms with Crippen LogP contribution in [0.3, 0.4) is 0 Å². The predicted octanol–water partition coefficient (Wildman–Crippen LogP) is 7.57. The number of aliphatic imine (C=N–C) groups is 1. The molecule has 0 N–H and O–H groups in total. The highest BCUT2D eigenvalue weighted by Crippen LogP contribution is 2.32. The number of methoxy groups -OCH3 is 1. The van der Waals surface area contributed by atoms with Crippen LogP contribution in [0.15, 0.2) is 95.6 Å². The lowest BCUT2D eigenvalue weighted by molar-refractivity contribution is -0.128. The number of benzene rings is 4. The van der Waals surface area contributed by atoms with Gasteiger partial charge in [0.25, 0.3) is 5.91 Å². The highest BCUT2D eigenvalue weighted by Gasteiger charge is 2.33.